The Balaban J connectivity index is 2.95. The Bertz CT molecular complexity index is 353. The minimum atomic E-state index is -0.346. The summed E-state index contributed by atoms with van der Waals surface area (Å²) in [5, 5.41) is 0. The molecule has 94 valence electrons. The van der Waals surface area contributed by atoms with E-state index in [9.17, 15) is 4.79 Å². The summed E-state index contributed by atoms with van der Waals surface area (Å²) >= 11 is 0. The van der Waals surface area contributed by atoms with Crippen molar-refractivity contribution in [2.45, 2.75) is 25.9 Å². The fourth-order valence-corrected chi connectivity index (χ4v) is 2.00. The largest absolute Gasteiger partial charge is 0.369 e. The van der Waals surface area contributed by atoms with Gasteiger partial charge in [-0.25, -0.2) is 0 Å². The van der Waals surface area contributed by atoms with E-state index in [2.05, 4.69) is 4.98 Å². The Hall–Kier alpha value is -1.46. The first-order chi connectivity index (χ1) is 8.06. The van der Waals surface area contributed by atoms with Crippen molar-refractivity contribution in [3.05, 3.63) is 30.1 Å². The number of nitrogens with two attached hydrogens (primary N) is 2. The van der Waals surface area contributed by atoms with Gasteiger partial charge < -0.3 is 11.5 Å². The Labute approximate surface area is 102 Å². The molecule has 1 amide bonds. The predicted octanol–water partition coefficient (Wildman–Crippen LogP) is 0.277. The van der Waals surface area contributed by atoms with E-state index in [1.165, 1.54) is 0 Å². The number of likely N-dealkylation sites (N-methyl/N-ethyl adjacent to an activating group) is 1. The van der Waals surface area contributed by atoms with E-state index in [1.807, 2.05) is 30.9 Å². The average Bonchev–Trinajstić information content (AvgIpc) is 2.28. The van der Waals surface area contributed by atoms with E-state index < -0.39 is 0 Å². The summed E-state index contributed by atoms with van der Waals surface area (Å²) in [7, 11) is 0. The number of carbonyl (C=O) groups is 1. The lowest BCUT2D eigenvalue weighted by Gasteiger charge is -2.32. The summed E-state index contributed by atoms with van der Waals surface area (Å²) < 4.78 is 0. The number of carbonyl (C=O) groups excluding carboxylic acids is 1. The highest BCUT2D eigenvalue weighted by molar-refractivity contribution is 5.76. The van der Waals surface area contributed by atoms with Crippen LogP contribution in [0.3, 0.4) is 0 Å². The minimum Gasteiger partial charge on any atom is -0.369 e. The van der Waals surface area contributed by atoms with E-state index in [1.54, 1.807) is 12.4 Å². The van der Waals surface area contributed by atoms with Gasteiger partial charge in [0.25, 0.3) is 0 Å². The molecule has 4 N–H and O–H groups in total. The van der Waals surface area contributed by atoms with Gasteiger partial charge in [-0.1, -0.05) is 13.0 Å². The van der Waals surface area contributed by atoms with E-state index in [0.717, 1.165) is 5.56 Å². The molecule has 0 saturated heterocycles. The van der Waals surface area contributed by atoms with Crippen molar-refractivity contribution in [1.82, 2.24) is 9.88 Å². The molecule has 5 nitrogen and oxygen atoms in total. The highest BCUT2D eigenvalue weighted by Gasteiger charge is 2.24. The lowest BCUT2D eigenvalue weighted by Crippen LogP contribution is -2.43. The summed E-state index contributed by atoms with van der Waals surface area (Å²) in [5.41, 5.74) is 12.3. The fraction of sp³-hybridized carbons (Fsp3) is 0.500. The molecule has 2 unspecified atom stereocenters. The molecule has 0 saturated carbocycles. The van der Waals surface area contributed by atoms with Gasteiger partial charge in [0.2, 0.25) is 5.91 Å². The number of nitrogens with zero attached hydrogens (tertiary/aromatic N) is 2. The number of pyridine rings is 1. The van der Waals surface area contributed by atoms with Crippen LogP contribution < -0.4 is 11.5 Å². The lowest BCUT2D eigenvalue weighted by atomic mass is 10.0. The number of amides is 1. The molecule has 17 heavy (non-hydrogen) atoms. The van der Waals surface area contributed by atoms with Gasteiger partial charge in [0.1, 0.15) is 0 Å². The van der Waals surface area contributed by atoms with Gasteiger partial charge in [-0.05, 0) is 25.1 Å². The van der Waals surface area contributed by atoms with Crippen LogP contribution in [0.25, 0.3) is 0 Å². The second-order valence-corrected chi connectivity index (χ2v) is 4.12. The number of aromatic nitrogens is 1. The molecule has 0 fully saturated rings. The van der Waals surface area contributed by atoms with Gasteiger partial charge in [0.15, 0.2) is 0 Å². The normalized spacial score (nSPS) is 14.6. The summed E-state index contributed by atoms with van der Waals surface area (Å²) in [4.78, 5) is 17.1. The zero-order chi connectivity index (χ0) is 12.8. The van der Waals surface area contributed by atoms with E-state index in [0.29, 0.717) is 6.54 Å². The molecule has 0 bridgehead atoms. The minimum absolute atomic E-state index is 0.0406. The molecule has 1 rings (SSSR count). The van der Waals surface area contributed by atoms with Crippen LogP contribution in [-0.2, 0) is 4.79 Å². The topological polar surface area (TPSA) is 85.2 Å². The lowest BCUT2D eigenvalue weighted by molar-refractivity contribution is -0.119. The van der Waals surface area contributed by atoms with Crippen molar-refractivity contribution < 1.29 is 4.79 Å². The number of primary amides is 1. The van der Waals surface area contributed by atoms with Crippen molar-refractivity contribution >= 4 is 5.91 Å². The molecule has 5 heteroatoms. The quantitative estimate of drug-likeness (QED) is 0.742. The maximum atomic E-state index is 11.1. The van der Waals surface area contributed by atoms with Crippen LogP contribution in [-0.4, -0.2) is 34.9 Å². The first-order valence-electron chi connectivity index (χ1n) is 5.74. The van der Waals surface area contributed by atoms with Crippen molar-refractivity contribution in [2.75, 3.05) is 13.1 Å². The Morgan fingerprint density at radius 1 is 1.59 bits per heavy atom. The molecule has 1 aromatic rings. The second kappa shape index (κ2) is 6.32. The van der Waals surface area contributed by atoms with Gasteiger partial charge >= 0.3 is 0 Å². The van der Waals surface area contributed by atoms with E-state index in [4.69, 9.17) is 11.5 Å². The SMILES string of the molecule is CCN(CC(N)=O)C(c1cccnc1)C(C)N. The fourth-order valence-electron chi connectivity index (χ4n) is 2.00. The molecule has 0 aliphatic heterocycles. The van der Waals surface area contributed by atoms with Crippen LogP contribution in [0, 0.1) is 0 Å². The second-order valence-electron chi connectivity index (χ2n) is 4.12. The van der Waals surface area contributed by atoms with Gasteiger partial charge in [0.05, 0.1) is 12.6 Å². The standard InChI is InChI=1S/C12H20N4O/c1-3-16(8-11(14)17)12(9(2)13)10-5-4-6-15-7-10/h4-7,9,12H,3,8,13H2,1-2H3,(H2,14,17). The van der Waals surface area contributed by atoms with Gasteiger partial charge in [0, 0.05) is 18.4 Å². The number of rotatable bonds is 6. The van der Waals surface area contributed by atoms with Crippen LogP contribution in [0.5, 0.6) is 0 Å². The molecule has 0 radical (unpaired) electrons. The predicted molar refractivity (Wildman–Crippen MR) is 67.1 cm³/mol. The number of hydrogen-bond donors (Lipinski definition) is 2. The summed E-state index contributed by atoms with van der Waals surface area (Å²) in [6.07, 6.45) is 3.49. The molecule has 0 spiro atoms. The van der Waals surface area contributed by atoms with Crippen LogP contribution >= 0.6 is 0 Å². The zero-order valence-electron chi connectivity index (χ0n) is 10.3. The van der Waals surface area contributed by atoms with Crippen molar-refractivity contribution in [3.63, 3.8) is 0 Å². The van der Waals surface area contributed by atoms with Crippen LogP contribution in [0.2, 0.25) is 0 Å². The Morgan fingerprint density at radius 2 is 2.29 bits per heavy atom. The molecular formula is C12H20N4O. The third-order valence-electron chi connectivity index (χ3n) is 2.68. The Kier molecular flexibility index (Phi) is 5.06. The van der Waals surface area contributed by atoms with E-state index >= 15 is 0 Å². The zero-order valence-corrected chi connectivity index (χ0v) is 10.3. The Morgan fingerprint density at radius 3 is 2.71 bits per heavy atom. The van der Waals surface area contributed by atoms with Crippen LogP contribution in [0.15, 0.2) is 24.5 Å². The molecule has 2 atom stereocenters. The summed E-state index contributed by atoms with van der Waals surface area (Å²) in [5.74, 6) is -0.346. The maximum Gasteiger partial charge on any atom is 0.231 e. The van der Waals surface area contributed by atoms with Crippen LogP contribution in [0.1, 0.15) is 25.5 Å². The van der Waals surface area contributed by atoms with Crippen molar-refractivity contribution in [3.8, 4) is 0 Å². The molecule has 0 aliphatic carbocycles. The first-order valence-corrected chi connectivity index (χ1v) is 5.74. The highest BCUT2D eigenvalue weighted by Crippen LogP contribution is 2.22. The maximum absolute atomic E-state index is 11.1. The molecule has 1 aromatic heterocycles. The third kappa shape index (κ3) is 3.80. The van der Waals surface area contributed by atoms with Gasteiger partial charge in [-0.3, -0.25) is 14.7 Å². The summed E-state index contributed by atoms with van der Waals surface area (Å²) in [6.45, 7) is 4.82. The molecular weight excluding hydrogens is 216 g/mol. The van der Waals surface area contributed by atoms with Crippen molar-refractivity contribution in [1.29, 1.82) is 0 Å². The summed E-state index contributed by atoms with van der Waals surface area (Å²) in [6, 6.07) is 3.69. The molecule has 0 aliphatic rings. The van der Waals surface area contributed by atoms with Gasteiger partial charge in [-0.2, -0.15) is 0 Å². The molecule has 1 heterocycles. The monoisotopic (exact) mass is 236 g/mol. The third-order valence-corrected chi connectivity index (χ3v) is 2.68. The van der Waals surface area contributed by atoms with E-state index in [-0.39, 0.29) is 24.5 Å². The highest BCUT2D eigenvalue weighted by atomic mass is 16.1. The number of hydrogen-bond acceptors (Lipinski definition) is 4. The van der Waals surface area contributed by atoms with Crippen molar-refractivity contribution in [2.24, 2.45) is 11.5 Å². The van der Waals surface area contributed by atoms with Gasteiger partial charge in [-0.15, -0.1) is 0 Å². The molecule has 0 aromatic carbocycles. The average molecular weight is 236 g/mol. The smallest absolute Gasteiger partial charge is 0.231 e. The first kappa shape index (κ1) is 13.6. The van der Waals surface area contributed by atoms with Crippen LogP contribution in [0.4, 0.5) is 0 Å².